The Morgan fingerprint density at radius 3 is 2.61 bits per heavy atom. The van der Waals surface area contributed by atoms with Gasteiger partial charge in [0, 0.05) is 43.4 Å². The zero-order valence-electron chi connectivity index (χ0n) is 17.3. The number of rotatable bonds is 7. The fraction of sp³-hybridized carbons (Fsp3) is 0.333. The van der Waals surface area contributed by atoms with E-state index in [1.54, 1.807) is 12.4 Å². The van der Waals surface area contributed by atoms with Gasteiger partial charge in [0.25, 0.3) is 5.91 Å². The highest BCUT2D eigenvalue weighted by Gasteiger charge is 2.23. The first-order valence-electron chi connectivity index (χ1n) is 9.82. The van der Waals surface area contributed by atoms with Gasteiger partial charge in [-0.1, -0.05) is 26.0 Å². The van der Waals surface area contributed by atoms with Gasteiger partial charge in [0.1, 0.15) is 5.69 Å². The molecule has 1 amide bonds. The molecule has 0 bridgehead atoms. The lowest BCUT2D eigenvalue weighted by Gasteiger charge is -2.19. The third-order valence-electron chi connectivity index (χ3n) is 5.35. The van der Waals surface area contributed by atoms with Crippen LogP contribution in [0.1, 0.15) is 46.9 Å². The number of pyridine rings is 1. The Hall–Kier alpha value is -2.88. The summed E-state index contributed by atoms with van der Waals surface area (Å²) in [7, 11) is 1.87. The third kappa shape index (κ3) is 3.86. The zero-order chi connectivity index (χ0) is 20.3. The first-order chi connectivity index (χ1) is 13.4. The van der Waals surface area contributed by atoms with Gasteiger partial charge in [-0.05, 0) is 60.2 Å². The maximum atomic E-state index is 13.3. The Morgan fingerprint density at radius 1 is 1.25 bits per heavy atom. The summed E-state index contributed by atoms with van der Waals surface area (Å²) in [5.41, 5.74) is 5.36. The minimum Gasteiger partial charge on any atom is -0.340 e. The van der Waals surface area contributed by atoms with E-state index >= 15 is 0 Å². The maximum absolute atomic E-state index is 13.3. The van der Waals surface area contributed by atoms with Crippen LogP contribution >= 0.6 is 0 Å². The molecule has 0 aliphatic heterocycles. The molecule has 0 N–H and O–H groups in total. The highest BCUT2D eigenvalue weighted by molar-refractivity contribution is 6.01. The molecule has 146 valence electrons. The molecule has 0 spiro atoms. The molecule has 0 saturated heterocycles. The number of carbonyl (C=O) groups is 1. The highest BCUT2D eigenvalue weighted by atomic mass is 16.2. The second-order valence-electron chi connectivity index (χ2n) is 7.64. The van der Waals surface area contributed by atoms with Crippen LogP contribution in [0.5, 0.6) is 0 Å². The Kier molecular flexibility index (Phi) is 5.98. The average molecular weight is 376 g/mol. The minimum absolute atomic E-state index is 0.0516. The Labute approximate surface area is 167 Å². The van der Waals surface area contributed by atoms with Gasteiger partial charge in [0.15, 0.2) is 0 Å². The van der Waals surface area contributed by atoms with E-state index < -0.39 is 0 Å². The number of hydrogen-bond donors (Lipinski definition) is 0. The second kappa shape index (κ2) is 8.42. The van der Waals surface area contributed by atoms with Crippen LogP contribution < -0.4 is 0 Å². The number of hydrogen-bond acceptors (Lipinski definition) is 2. The molecule has 0 aliphatic carbocycles. The van der Waals surface area contributed by atoms with E-state index in [-0.39, 0.29) is 5.91 Å². The maximum Gasteiger partial charge on any atom is 0.270 e. The van der Waals surface area contributed by atoms with Gasteiger partial charge in [-0.25, -0.2) is 0 Å². The van der Waals surface area contributed by atoms with Crippen LogP contribution in [0.3, 0.4) is 0 Å². The molecule has 0 saturated carbocycles. The molecule has 0 unspecified atom stereocenters. The van der Waals surface area contributed by atoms with Crippen molar-refractivity contribution in [2.75, 3.05) is 13.6 Å². The highest BCUT2D eigenvalue weighted by Crippen LogP contribution is 2.30. The molecular weight excluding hydrogens is 346 g/mol. The molecule has 0 aliphatic rings. The van der Waals surface area contributed by atoms with E-state index in [2.05, 4.69) is 55.1 Å². The van der Waals surface area contributed by atoms with E-state index in [9.17, 15) is 4.79 Å². The first kappa shape index (κ1) is 19.9. The standard InChI is InChI=1S/C24H29N3O/c1-6-14-27-22-8-7-20(17(2)3)16-21(22)18(4)23(27)24(28)26(5)15-11-19-9-12-25-13-10-19/h6-10,12-13,16-17H,1,11,14-15H2,2-5H3. The summed E-state index contributed by atoms with van der Waals surface area (Å²) in [6.07, 6.45) is 6.23. The van der Waals surface area contributed by atoms with Crippen LogP contribution in [-0.2, 0) is 13.0 Å². The fourth-order valence-electron chi connectivity index (χ4n) is 3.62. The van der Waals surface area contributed by atoms with Crippen molar-refractivity contribution < 1.29 is 4.79 Å². The lowest BCUT2D eigenvalue weighted by atomic mass is 10.0. The number of aryl methyl sites for hydroxylation is 1. The van der Waals surface area contributed by atoms with E-state index in [0.29, 0.717) is 19.0 Å². The minimum atomic E-state index is 0.0516. The monoisotopic (exact) mass is 375 g/mol. The summed E-state index contributed by atoms with van der Waals surface area (Å²) < 4.78 is 2.09. The molecule has 0 atom stereocenters. The van der Waals surface area contributed by atoms with Crippen LogP contribution in [-0.4, -0.2) is 34.0 Å². The molecule has 0 radical (unpaired) electrons. The Bertz CT molecular complexity index is 986. The van der Waals surface area contributed by atoms with E-state index in [0.717, 1.165) is 28.6 Å². The lowest BCUT2D eigenvalue weighted by Crippen LogP contribution is -2.31. The summed E-state index contributed by atoms with van der Waals surface area (Å²) in [5.74, 6) is 0.504. The fourth-order valence-corrected chi connectivity index (χ4v) is 3.62. The van der Waals surface area contributed by atoms with Gasteiger partial charge in [-0.15, -0.1) is 6.58 Å². The third-order valence-corrected chi connectivity index (χ3v) is 5.35. The number of carbonyl (C=O) groups excluding carboxylic acids is 1. The summed E-state index contributed by atoms with van der Waals surface area (Å²) in [5, 5.41) is 1.15. The molecule has 3 rings (SSSR count). The van der Waals surface area contributed by atoms with Gasteiger partial charge in [0.05, 0.1) is 0 Å². The van der Waals surface area contributed by atoms with Gasteiger partial charge in [-0.3, -0.25) is 9.78 Å². The van der Waals surface area contributed by atoms with Crippen molar-refractivity contribution >= 4 is 16.8 Å². The van der Waals surface area contributed by atoms with E-state index in [1.807, 2.05) is 30.2 Å². The number of nitrogens with zero attached hydrogens (tertiary/aromatic N) is 3. The number of aromatic nitrogens is 2. The smallest absolute Gasteiger partial charge is 0.270 e. The number of likely N-dealkylation sites (N-methyl/N-ethyl adjacent to an activating group) is 1. The van der Waals surface area contributed by atoms with Gasteiger partial charge in [-0.2, -0.15) is 0 Å². The van der Waals surface area contributed by atoms with Crippen LogP contribution in [0.15, 0.2) is 55.4 Å². The Balaban J connectivity index is 1.95. The van der Waals surface area contributed by atoms with Crippen molar-refractivity contribution in [3.8, 4) is 0 Å². The molecule has 28 heavy (non-hydrogen) atoms. The van der Waals surface area contributed by atoms with Crippen molar-refractivity contribution in [1.29, 1.82) is 0 Å². The second-order valence-corrected chi connectivity index (χ2v) is 7.64. The SMILES string of the molecule is C=CCn1c(C(=O)N(C)CCc2ccncc2)c(C)c2cc(C(C)C)ccc21. The van der Waals surface area contributed by atoms with Gasteiger partial charge in [0.2, 0.25) is 0 Å². The van der Waals surface area contributed by atoms with E-state index in [4.69, 9.17) is 0 Å². The van der Waals surface area contributed by atoms with E-state index in [1.165, 1.54) is 11.1 Å². The lowest BCUT2D eigenvalue weighted by molar-refractivity contribution is 0.0786. The molecule has 2 aromatic heterocycles. The summed E-state index contributed by atoms with van der Waals surface area (Å²) in [6, 6.07) is 10.5. The molecule has 0 fully saturated rings. The predicted molar refractivity (Wildman–Crippen MR) is 116 cm³/mol. The number of fused-ring (bicyclic) bond motifs is 1. The molecular formula is C24H29N3O. The Morgan fingerprint density at radius 2 is 1.96 bits per heavy atom. The van der Waals surface area contributed by atoms with Crippen molar-refractivity contribution in [1.82, 2.24) is 14.5 Å². The van der Waals surface area contributed by atoms with Crippen molar-refractivity contribution in [3.05, 3.63) is 77.8 Å². The van der Waals surface area contributed by atoms with Crippen molar-refractivity contribution in [2.24, 2.45) is 0 Å². The van der Waals surface area contributed by atoms with Crippen LogP contribution in [0.2, 0.25) is 0 Å². The number of benzene rings is 1. The van der Waals surface area contributed by atoms with Gasteiger partial charge >= 0.3 is 0 Å². The normalized spacial score (nSPS) is 11.2. The number of allylic oxidation sites excluding steroid dienone is 1. The molecule has 1 aromatic carbocycles. The molecule has 2 heterocycles. The summed E-state index contributed by atoms with van der Waals surface area (Å²) >= 11 is 0. The zero-order valence-corrected chi connectivity index (χ0v) is 17.3. The van der Waals surface area contributed by atoms with Gasteiger partial charge < -0.3 is 9.47 Å². The summed E-state index contributed by atoms with van der Waals surface area (Å²) in [4.78, 5) is 19.2. The molecule has 4 heteroatoms. The van der Waals surface area contributed by atoms with Crippen LogP contribution in [0, 0.1) is 6.92 Å². The first-order valence-corrected chi connectivity index (χ1v) is 9.82. The topological polar surface area (TPSA) is 38.1 Å². The quantitative estimate of drug-likeness (QED) is 0.547. The van der Waals surface area contributed by atoms with Crippen LogP contribution in [0.25, 0.3) is 10.9 Å². The molecule has 4 nitrogen and oxygen atoms in total. The molecule has 3 aromatic rings. The van der Waals surface area contributed by atoms with Crippen LogP contribution in [0.4, 0.5) is 0 Å². The summed E-state index contributed by atoms with van der Waals surface area (Å²) in [6.45, 7) is 11.6. The average Bonchev–Trinajstić information content (AvgIpc) is 2.98. The van der Waals surface area contributed by atoms with Crippen molar-refractivity contribution in [2.45, 2.75) is 39.7 Å². The predicted octanol–water partition coefficient (Wildman–Crippen LogP) is 4.97. The largest absolute Gasteiger partial charge is 0.340 e. The van der Waals surface area contributed by atoms with Crippen molar-refractivity contribution in [3.63, 3.8) is 0 Å². The number of amides is 1.